The summed E-state index contributed by atoms with van der Waals surface area (Å²) >= 11 is 0. The molecule has 9 heteroatoms. The molecule has 2 N–H and O–H groups in total. The first-order valence-electron chi connectivity index (χ1n) is 10.3. The Morgan fingerprint density at radius 2 is 1.90 bits per heavy atom. The Kier molecular flexibility index (Phi) is 7.04. The van der Waals surface area contributed by atoms with Gasteiger partial charge in [-0.3, -0.25) is 0 Å². The van der Waals surface area contributed by atoms with E-state index in [0.29, 0.717) is 24.5 Å². The Bertz CT molecular complexity index is 906. The van der Waals surface area contributed by atoms with Crippen LogP contribution in [-0.2, 0) is 16.0 Å². The number of benzene rings is 1. The van der Waals surface area contributed by atoms with Crippen LogP contribution < -0.4 is 14.8 Å². The lowest BCUT2D eigenvalue weighted by Crippen LogP contribution is -2.53. The van der Waals surface area contributed by atoms with Crippen LogP contribution >= 0.6 is 0 Å². The number of carbonyl (C=O) groups excluding carboxylic acids is 2. The van der Waals surface area contributed by atoms with Crippen LogP contribution in [0.15, 0.2) is 24.5 Å². The van der Waals surface area contributed by atoms with E-state index in [1.165, 1.54) is 7.11 Å². The molecule has 31 heavy (non-hydrogen) atoms. The van der Waals surface area contributed by atoms with Gasteiger partial charge in [0.1, 0.15) is 23.6 Å². The van der Waals surface area contributed by atoms with Gasteiger partial charge in [0.2, 0.25) is 0 Å². The fourth-order valence-electron chi connectivity index (χ4n) is 3.83. The lowest BCUT2D eigenvalue weighted by molar-refractivity contribution is -0.144. The largest absolute Gasteiger partial charge is 0.497 e. The number of esters is 1. The lowest BCUT2D eigenvalue weighted by Gasteiger charge is -2.36. The number of H-pyrrole nitrogens is 1. The second-order valence-electron chi connectivity index (χ2n) is 7.59. The number of nitrogens with zero attached hydrogens (tertiary/aromatic N) is 2. The summed E-state index contributed by atoms with van der Waals surface area (Å²) in [5.41, 5.74) is 2.54. The summed E-state index contributed by atoms with van der Waals surface area (Å²) in [4.78, 5) is 35.0. The van der Waals surface area contributed by atoms with Gasteiger partial charge in [0.25, 0.3) is 0 Å². The monoisotopic (exact) mass is 430 g/mol. The molecule has 0 saturated heterocycles. The maximum atomic E-state index is 13.4. The zero-order chi connectivity index (χ0) is 22.5. The van der Waals surface area contributed by atoms with E-state index in [0.717, 1.165) is 23.4 Å². The van der Waals surface area contributed by atoms with Gasteiger partial charge >= 0.3 is 12.0 Å². The number of hydrogen-bond donors (Lipinski definition) is 2. The van der Waals surface area contributed by atoms with Crippen LogP contribution in [0.3, 0.4) is 0 Å². The molecule has 1 aliphatic heterocycles. The number of fused-ring (bicyclic) bond motifs is 1. The number of rotatable bonds is 7. The van der Waals surface area contributed by atoms with Crippen LogP contribution in [0.2, 0.25) is 0 Å². The Labute approximate surface area is 182 Å². The molecule has 0 radical (unpaired) electrons. The molecule has 168 valence electrons. The second kappa shape index (κ2) is 9.72. The Morgan fingerprint density at radius 1 is 1.23 bits per heavy atom. The number of ether oxygens (including phenoxy) is 3. The maximum absolute atomic E-state index is 13.4. The van der Waals surface area contributed by atoms with Gasteiger partial charge in [0.15, 0.2) is 0 Å². The van der Waals surface area contributed by atoms with Crippen molar-refractivity contribution in [2.75, 3.05) is 27.9 Å². The first-order valence-corrected chi connectivity index (χ1v) is 10.3. The number of aromatic amines is 1. The summed E-state index contributed by atoms with van der Waals surface area (Å²) in [6, 6.07) is 3.96. The molecular weight excluding hydrogens is 400 g/mol. The fraction of sp³-hybridized carbons (Fsp3) is 0.500. The van der Waals surface area contributed by atoms with Crippen molar-refractivity contribution in [1.82, 2.24) is 20.2 Å². The Hall–Kier alpha value is -3.23. The van der Waals surface area contributed by atoms with Gasteiger partial charge in [-0.05, 0) is 23.6 Å². The molecule has 0 spiro atoms. The summed E-state index contributed by atoms with van der Waals surface area (Å²) in [6.45, 7) is 4.34. The molecule has 0 aliphatic carbocycles. The number of aromatic nitrogens is 2. The lowest BCUT2D eigenvalue weighted by atomic mass is 9.95. The molecule has 0 fully saturated rings. The number of urea groups is 1. The van der Waals surface area contributed by atoms with Crippen molar-refractivity contribution in [1.29, 1.82) is 0 Å². The summed E-state index contributed by atoms with van der Waals surface area (Å²) in [5.74, 6) is 0.700. The highest BCUT2D eigenvalue weighted by Gasteiger charge is 2.37. The third-order valence-corrected chi connectivity index (χ3v) is 5.82. The maximum Gasteiger partial charge on any atom is 0.328 e. The smallest absolute Gasteiger partial charge is 0.328 e. The SMILES string of the molecule is CC[C@@H](C)[C@H](NC(=O)N1CCc2[nH]cnc2[C@H]1c1cc(OC)cc(OC)c1)C(=O)OC. The van der Waals surface area contributed by atoms with Crippen molar-refractivity contribution in [3.63, 3.8) is 0 Å². The van der Waals surface area contributed by atoms with Gasteiger partial charge in [0.05, 0.1) is 33.4 Å². The third-order valence-electron chi connectivity index (χ3n) is 5.82. The van der Waals surface area contributed by atoms with E-state index in [2.05, 4.69) is 15.3 Å². The van der Waals surface area contributed by atoms with Gasteiger partial charge < -0.3 is 29.4 Å². The molecule has 2 aromatic rings. The predicted molar refractivity (Wildman–Crippen MR) is 114 cm³/mol. The van der Waals surface area contributed by atoms with E-state index in [-0.39, 0.29) is 11.9 Å². The Balaban J connectivity index is 1.99. The minimum atomic E-state index is -0.733. The van der Waals surface area contributed by atoms with Crippen LogP contribution in [-0.4, -0.2) is 60.8 Å². The van der Waals surface area contributed by atoms with Gasteiger partial charge in [-0.25, -0.2) is 14.6 Å². The molecule has 9 nitrogen and oxygen atoms in total. The third kappa shape index (κ3) is 4.60. The van der Waals surface area contributed by atoms with Crippen molar-refractivity contribution < 1.29 is 23.8 Å². The summed E-state index contributed by atoms with van der Waals surface area (Å²) in [6.07, 6.45) is 2.99. The van der Waals surface area contributed by atoms with Crippen molar-refractivity contribution in [2.24, 2.45) is 5.92 Å². The molecule has 3 rings (SSSR count). The minimum Gasteiger partial charge on any atom is -0.497 e. The van der Waals surface area contributed by atoms with Crippen LogP contribution in [0, 0.1) is 5.92 Å². The number of amides is 2. The van der Waals surface area contributed by atoms with Crippen molar-refractivity contribution >= 4 is 12.0 Å². The number of hydrogen-bond acceptors (Lipinski definition) is 6. The molecule has 1 aromatic carbocycles. The van der Waals surface area contributed by atoms with Gasteiger partial charge in [-0.15, -0.1) is 0 Å². The van der Waals surface area contributed by atoms with Gasteiger partial charge in [-0.2, -0.15) is 0 Å². The van der Waals surface area contributed by atoms with Crippen molar-refractivity contribution in [3.8, 4) is 11.5 Å². The molecule has 1 aliphatic rings. The first kappa shape index (κ1) is 22.5. The van der Waals surface area contributed by atoms with Crippen LogP contribution in [0.4, 0.5) is 4.79 Å². The average Bonchev–Trinajstić information content (AvgIpc) is 3.29. The molecule has 2 heterocycles. The van der Waals surface area contributed by atoms with Crippen molar-refractivity contribution in [2.45, 2.75) is 38.8 Å². The minimum absolute atomic E-state index is 0.0718. The van der Waals surface area contributed by atoms with Gasteiger partial charge in [-0.1, -0.05) is 20.3 Å². The van der Waals surface area contributed by atoms with E-state index >= 15 is 0 Å². The van der Waals surface area contributed by atoms with Crippen LogP contribution in [0.5, 0.6) is 11.5 Å². The van der Waals surface area contributed by atoms with E-state index in [9.17, 15) is 9.59 Å². The van der Waals surface area contributed by atoms with Crippen LogP contribution in [0.25, 0.3) is 0 Å². The molecule has 0 bridgehead atoms. The molecule has 0 unspecified atom stereocenters. The Morgan fingerprint density at radius 3 is 2.48 bits per heavy atom. The van der Waals surface area contributed by atoms with E-state index in [1.807, 2.05) is 26.0 Å². The van der Waals surface area contributed by atoms with E-state index in [1.54, 1.807) is 31.5 Å². The molecular formula is C22H30N4O5. The standard InChI is InChI=1S/C22H30N4O5/c1-6-13(2)18(21(27)31-5)25-22(28)26-8-7-17-19(24-12-23-17)20(26)14-9-15(29-3)11-16(10-14)30-4/h9-13,18,20H,6-8H2,1-5H3,(H,23,24)(H,25,28)/t13-,18+,20-/m1/s1. The highest BCUT2D eigenvalue weighted by Crippen LogP contribution is 2.37. The number of carbonyl (C=O) groups is 2. The fourth-order valence-corrected chi connectivity index (χ4v) is 3.83. The number of imidazole rings is 1. The molecule has 3 atom stereocenters. The highest BCUT2D eigenvalue weighted by atomic mass is 16.5. The molecule has 1 aromatic heterocycles. The molecule has 2 amide bonds. The van der Waals surface area contributed by atoms with Gasteiger partial charge in [0, 0.05) is 24.7 Å². The zero-order valence-corrected chi connectivity index (χ0v) is 18.6. The molecule has 0 saturated carbocycles. The summed E-state index contributed by atoms with van der Waals surface area (Å²) in [7, 11) is 4.49. The highest BCUT2D eigenvalue weighted by molar-refractivity contribution is 5.84. The number of methoxy groups -OCH3 is 3. The summed E-state index contributed by atoms with van der Waals surface area (Å²) in [5, 5.41) is 2.88. The average molecular weight is 431 g/mol. The topological polar surface area (TPSA) is 106 Å². The first-order chi connectivity index (χ1) is 14.9. The number of nitrogens with one attached hydrogen (secondary N) is 2. The van der Waals surface area contributed by atoms with E-state index in [4.69, 9.17) is 14.2 Å². The zero-order valence-electron chi connectivity index (χ0n) is 18.6. The quantitative estimate of drug-likeness (QED) is 0.654. The summed E-state index contributed by atoms with van der Waals surface area (Å²) < 4.78 is 15.8. The normalized spacial score (nSPS) is 17.3. The van der Waals surface area contributed by atoms with Crippen LogP contribution in [0.1, 0.15) is 43.3 Å². The van der Waals surface area contributed by atoms with E-state index < -0.39 is 18.1 Å². The second-order valence-corrected chi connectivity index (χ2v) is 7.59. The predicted octanol–water partition coefficient (Wildman–Crippen LogP) is 2.67. The van der Waals surface area contributed by atoms with Crippen molar-refractivity contribution in [3.05, 3.63) is 41.5 Å².